The summed E-state index contributed by atoms with van der Waals surface area (Å²) in [5.41, 5.74) is 10.0. The van der Waals surface area contributed by atoms with Crippen LogP contribution in [0.1, 0.15) is 47.7 Å². The number of piperidine rings is 1. The van der Waals surface area contributed by atoms with Gasteiger partial charge in [0, 0.05) is 29.5 Å². The van der Waals surface area contributed by atoms with Gasteiger partial charge < -0.3 is 11.1 Å². The highest BCUT2D eigenvalue weighted by Crippen LogP contribution is 2.20. The number of rotatable bonds is 4. The lowest BCUT2D eigenvalue weighted by Crippen LogP contribution is -2.36. The Morgan fingerprint density at radius 1 is 1.15 bits per heavy atom. The van der Waals surface area contributed by atoms with Gasteiger partial charge in [0.25, 0.3) is 5.91 Å². The lowest BCUT2D eigenvalue weighted by atomic mass is 10.0. The number of anilines is 2. The number of nitrogen functional groups attached to an aromatic ring is 1. The largest absolute Gasteiger partial charge is 0.399 e. The summed E-state index contributed by atoms with van der Waals surface area (Å²) in [6, 6.07) is 14.2. The number of carbonyl (C=O) groups is 1. The van der Waals surface area contributed by atoms with E-state index in [9.17, 15) is 4.79 Å². The Kier molecular flexibility index (Phi) is 9.10. The van der Waals surface area contributed by atoms with E-state index in [0.717, 1.165) is 17.8 Å². The van der Waals surface area contributed by atoms with Crippen LogP contribution in [0.3, 0.4) is 0 Å². The van der Waals surface area contributed by atoms with E-state index in [4.69, 9.17) is 5.73 Å². The maximum absolute atomic E-state index is 12.5. The first-order valence-corrected chi connectivity index (χ1v) is 9.03. The van der Waals surface area contributed by atoms with Crippen LogP contribution in [0.25, 0.3) is 0 Å². The highest BCUT2D eigenvalue weighted by molar-refractivity contribution is 6.05. The molecule has 0 aromatic heterocycles. The summed E-state index contributed by atoms with van der Waals surface area (Å²) in [7, 11) is 0. The molecule has 0 aliphatic carbocycles. The van der Waals surface area contributed by atoms with Gasteiger partial charge in [-0.3, -0.25) is 9.69 Å². The van der Waals surface area contributed by atoms with E-state index in [2.05, 4.69) is 29.3 Å². The molecule has 6 heteroatoms. The molecule has 0 spiro atoms. The molecule has 0 saturated carbocycles. The predicted molar refractivity (Wildman–Crippen MR) is 118 cm³/mol. The van der Waals surface area contributed by atoms with Gasteiger partial charge in [-0.05, 0) is 68.6 Å². The molecule has 1 heterocycles. The Morgan fingerprint density at radius 3 is 2.52 bits per heavy atom. The molecule has 0 bridgehead atoms. The van der Waals surface area contributed by atoms with Crippen molar-refractivity contribution in [3.63, 3.8) is 0 Å². The number of nitrogens with zero attached hydrogens (tertiary/aromatic N) is 1. The van der Waals surface area contributed by atoms with Crippen molar-refractivity contribution in [2.24, 2.45) is 0 Å². The smallest absolute Gasteiger partial charge is 0.256 e. The van der Waals surface area contributed by atoms with Crippen molar-refractivity contribution in [2.75, 3.05) is 17.6 Å². The molecule has 1 aliphatic heterocycles. The number of nitrogens with one attached hydrogen (secondary N) is 1. The van der Waals surface area contributed by atoms with Crippen molar-refractivity contribution in [2.45, 2.75) is 45.7 Å². The fourth-order valence-corrected chi connectivity index (χ4v) is 3.40. The van der Waals surface area contributed by atoms with Crippen LogP contribution in [0.15, 0.2) is 42.5 Å². The van der Waals surface area contributed by atoms with Crippen LogP contribution in [0.2, 0.25) is 0 Å². The normalized spacial score (nSPS) is 16.7. The Hall–Kier alpha value is -1.75. The SMILES string of the molecule is Cc1ccc(N)cc1C(=O)Nc1ccc(CN2CCCCC2C)cc1.Cl.Cl. The molecule has 2 aromatic carbocycles. The summed E-state index contributed by atoms with van der Waals surface area (Å²) in [4.78, 5) is 15.0. The van der Waals surface area contributed by atoms with E-state index >= 15 is 0 Å². The highest BCUT2D eigenvalue weighted by atomic mass is 35.5. The Labute approximate surface area is 174 Å². The molecule has 1 amide bonds. The topological polar surface area (TPSA) is 58.4 Å². The summed E-state index contributed by atoms with van der Waals surface area (Å²) in [6.45, 7) is 6.37. The number of hydrogen-bond acceptors (Lipinski definition) is 3. The number of amides is 1. The van der Waals surface area contributed by atoms with Crippen molar-refractivity contribution in [1.29, 1.82) is 0 Å². The molecule has 1 aliphatic rings. The van der Waals surface area contributed by atoms with E-state index in [1.165, 1.54) is 31.4 Å². The predicted octanol–water partition coefficient (Wildman–Crippen LogP) is 5.05. The van der Waals surface area contributed by atoms with Gasteiger partial charge in [-0.25, -0.2) is 0 Å². The number of likely N-dealkylation sites (tertiary alicyclic amines) is 1. The van der Waals surface area contributed by atoms with E-state index in [-0.39, 0.29) is 30.7 Å². The molecule has 3 rings (SSSR count). The summed E-state index contributed by atoms with van der Waals surface area (Å²) in [5.74, 6) is -0.123. The lowest BCUT2D eigenvalue weighted by molar-refractivity contribution is 0.102. The number of nitrogens with two attached hydrogens (primary N) is 1. The van der Waals surface area contributed by atoms with Crippen LogP contribution in [-0.4, -0.2) is 23.4 Å². The number of hydrogen-bond donors (Lipinski definition) is 2. The second-order valence-corrected chi connectivity index (χ2v) is 7.04. The van der Waals surface area contributed by atoms with Crippen molar-refractivity contribution in [3.05, 3.63) is 59.2 Å². The minimum atomic E-state index is -0.123. The van der Waals surface area contributed by atoms with E-state index < -0.39 is 0 Å². The Morgan fingerprint density at radius 2 is 1.85 bits per heavy atom. The number of halogens is 2. The third-order valence-electron chi connectivity index (χ3n) is 5.04. The minimum Gasteiger partial charge on any atom is -0.399 e. The van der Waals surface area contributed by atoms with E-state index in [1.807, 2.05) is 31.2 Å². The fraction of sp³-hybridized carbons (Fsp3) is 0.381. The number of benzene rings is 2. The molecule has 1 atom stereocenters. The number of carbonyl (C=O) groups excluding carboxylic acids is 1. The molecule has 3 N–H and O–H groups in total. The number of aryl methyl sites for hydroxylation is 1. The zero-order chi connectivity index (χ0) is 17.8. The molecular formula is C21H29Cl2N3O. The molecular weight excluding hydrogens is 381 g/mol. The Bertz CT molecular complexity index is 750. The molecule has 148 valence electrons. The quantitative estimate of drug-likeness (QED) is 0.694. The third kappa shape index (κ3) is 6.13. The van der Waals surface area contributed by atoms with E-state index in [0.29, 0.717) is 17.3 Å². The lowest BCUT2D eigenvalue weighted by Gasteiger charge is -2.33. The highest BCUT2D eigenvalue weighted by Gasteiger charge is 2.18. The van der Waals surface area contributed by atoms with Crippen LogP contribution in [-0.2, 0) is 6.54 Å². The zero-order valence-electron chi connectivity index (χ0n) is 15.9. The van der Waals surface area contributed by atoms with Crippen LogP contribution >= 0.6 is 24.8 Å². The minimum absolute atomic E-state index is 0. The van der Waals surface area contributed by atoms with E-state index in [1.54, 1.807) is 6.07 Å². The molecule has 1 fully saturated rings. The fourth-order valence-electron chi connectivity index (χ4n) is 3.40. The van der Waals surface area contributed by atoms with Gasteiger partial charge in [0.15, 0.2) is 0 Å². The van der Waals surface area contributed by atoms with Gasteiger partial charge >= 0.3 is 0 Å². The standard InChI is InChI=1S/C21H27N3O.2ClH/c1-15-6-9-18(22)13-20(15)21(25)23-19-10-7-17(8-11-19)14-24-12-4-3-5-16(24)2;;/h6-11,13,16H,3-5,12,14,22H2,1-2H3,(H,23,25);2*1H. The first-order valence-electron chi connectivity index (χ1n) is 9.03. The van der Waals surface area contributed by atoms with Crippen molar-refractivity contribution in [3.8, 4) is 0 Å². The second-order valence-electron chi connectivity index (χ2n) is 7.04. The molecule has 1 saturated heterocycles. The first-order chi connectivity index (χ1) is 12.0. The Balaban J connectivity index is 0.00000182. The molecule has 2 aromatic rings. The monoisotopic (exact) mass is 409 g/mol. The average Bonchev–Trinajstić information content (AvgIpc) is 2.60. The van der Waals surface area contributed by atoms with Crippen LogP contribution in [0, 0.1) is 6.92 Å². The van der Waals surface area contributed by atoms with Crippen LogP contribution in [0.4, 0.5) is 11.4 Å². The maximum atomic E-state index is 12.5. The van der Waals surface area contributed by atoms with Crippen molar-refractivity contribution >= 4 is 42.1 Å². The summed E-state index contributed by atoms with van der Waals surface area (Å²) >= 11 is 0. The van der Waals surface area contributed by atoms with Gasteiger partial charge in [-0.1, -0.05) is 24.6 Å². The first kappa shape index (κ1) is 23.3. The second kappa shape index (κ2) is 10.5. The van der Waals surface area contributed by atoms with Gasteiger partial charge in [0.05, 0.1) is 0 Å². The molecule has 4 nitrogen and oxygen atoms in total. The molecule has 1 unspecified atom stereocenters. The summed E-state index contributed by atoms with van der Waals surface area (Å²) in [6.07, 6.45) is 3.91. The maximum Gasteiger partial charge on any atom is 0.256 e. The average molecular weight is 410 g/mol. The summed E-state index contributed by atoms with van der Waals surface area (Å²) < 4.78 is 0. The molecule has 27 heavy (non-hydrogen) atoms. The third-order valence-corrected chi connectivity index (χ3v) is 5.04. The van der Waals surface area contributed by atoms with Crippen molar-refractivity contribution in [1.82, 2.24) is 4.90 Å². The van der Waals surface area contributed by atoms with Crippen LogP contribution in [0.5, 0.6) is 0 Å². The van der Waals surface area contributed by atoms with Gasteiger partial charge in [-0.15, -0.1) is 24.8 Å². The summed E-state index contributed by atoms with van der Waals surface area (Å²) in [5, 5.41) is 2.96. The van der Waals surface area contributed by atoms with Gasteiger partial charge in [0.2, 0.25) is 0 Å². The zero-order valence-corrected chi connectivity index (χ0v) is 17.5. The molecule has 0 radical (unpaired) electrons. The van der Waals surface area contributed by atoms with Crippen molar-refractivity contribution < 1.29 is 4.79 Å². The van der Waals surface area contributed by atoms with Crippen LogP contribution < -0.4 is 11.1 Å². The van der Waals surface area contributed by atoms with Gasteiger partial charge in [-0.2, -0.15) is 0 Å². The van der Waals surface area contributed by atoms with Gasteiger partial charge in [0.1, 0.15) is 0 Å².